The van der Waals surface area contributed by atoms with Crippen molar-refractivity contribution in [2.45, 2.75) is 70.8 Å². The van der Waals surface area contributed by atoms with Crippen molar-refractivity contribution in [1.82, 2.24) is 61.1 Å². The predicted octanol–water partition coefficient (Wildman–Crippen LogP) is 13.3. The average molecular weight is 1580 g/mol. The Balaban J connectivity index is 0.000000538. The van der Waals surface area contributed by atoms with Crippen molar-refractivity contribution in [2.75, 3.05) is 128 Å². The molecule has 9 aromatic rings. The molecule has 12 N–H and O–H groups in total. The number of carbonyl (C=O) groups is 4. The standard InChI is InChI=1S/C24H22F3N5O.C20H24F3N5O.C19H22F3N5O.C17H19N5O.8H2/c1-2-15-12-17(23(28)30-13-15)22(33)21-18(24(25,26)27)8-9-20(31-21)32-11-10-29-19(14-32)16-6-4-3-5-7-16;1-12(2)10-13-11-28(9-8-25-13)16-6-5-15(20(21,22)23)17(27-16)18(29)14-4-3-7-26-19(14)24;1-11(2)14-10-27(9-8-24-14)15-6-5-13(19(20,21)22)16(26-15)17(28)12-4-3-7-25-18(12)23;1-2-12-5-6-14(22-10-8-19-9-11-22)21-15(12)16(23)13-4-3-7-20-17(13)18;;;;;;;;/h2-9,12-13,19,29H,1,10-11,14H2,(H2,28,30);3-7,12-13,25H,8-11H2,1-2H3,(H2,24,26);3-7,11,14,24H,8-10H2,1-2H3,(H2,23,25);2-7,19H,1,8-11H2,(H2,18,20);8*1H/t;13-;14-;;;;;;;;;/m.01........./s1. The maximum Gasteiger partial charge on any atom is 0.418 e. The average Bonchev–Trinajstić information content (AvgIpc) is 0.679. The van der Waals surface area contributed by atoms with Crippen molar-refractivity contribution in [1.29, 1.82) is 0 Å². The molecule has 0 bridgehead atoms. The van der Waals surface area contributed by atoms with E-state index in [-0.39, 0.29) is 75.3 Å². The van der Waals surface area contributed by atoms with E-state index < -0.39 is 69.7 Å². The highest BCUT2D eigenvalue weighted by molar-refractivity contribution is 6.14. The van der Waals surface area contributed by atoms with Crippen LogP contribution in [0.15, 0.2) is 159 Å². The minimum Gasteiger partial charge on any atom is -0.383 e. The smallest absolute Gasteiger partial charge is 0.383 e. The summed E-state index contributed by atoms with van der Waals surface area (Å²) < 4.78 is 122. The van der Waals surface area contributed by atoms with Crippen LogP contribution < -0.4 is 63.8 Å². The third-order valence-electron chi connectivity index (χ3n) is 19.0. The molecule has 8 aromatic heterocycles. The third-order valence-corrected chi connectivity index (χ3v) is 19.0. The number of nitrogens with two attached hydrogens (primary N) is 4. The van der Waals surface area contributed by atoms with Gasteiger partial charge in [-0.1, -0.05) is 83.3 Å². The van der Waals surface area contributed by atoms with Crippen LogP contribution in [-0.4, -0.2) is 160 Å². The molecule has 0 saturated carbocycles. The summed E-state index contributed by atoms with van der Waals surface area (Å²) in [6.07, 6.45) is -4.49. The minimum absolute atomic E-state index is 0. The Bertz CT molecular complexity index is 4910. The zero-order valence-corrected chi connectivity index (χ0v) is 62.4. The van der Waals surface area contributed by atoms with E-state index in [2.05, 4.69) is 107 Å². The van der Waals surface area contributed by atoms with Crippen molar-refractivity contribution in [2.24, 2.45) is 11.8 Å². The lowest BCUT2D eigenvalue weighted by Crippen LogP contribution is -2.53. The number of alkyl halides is 9. The molecule has 13 rings (SSSR count). The summed E-state index contributed by atoms with van der Waals surface area (Å²) in [7, 11) is 0. The van der Waals surface area contributed by atoms with Crippen LogP contribution in [0.5, 0.6) is 0 Å². The second-order valence-electron chi connectivity index (χ2n) is 27.6. The fraction of sp³-hybridized carbons (Fsp3) is 0.325. The van der Waals surface area contributed by atoms with Gasteiger partial charge in [-0.25, -0.2) is 39.9 Å². The molecule has 0 aliphatic carbocycles. The number of halogens is 9. The first-order valence-corrected chi connectivity index (χ1v) is 36.3. The molecule has 1 aromatic carbocycles. The Kier molecular flexibility index (Phi) is 27.4. The van der Waals surface area contributed by atoms with Gasteiger partial charge in [-0.15, -0.1) is 0 Å². The highest BCUT2D eigenvalue weighted by atomic mass is 19.4. The lowest BCUT2D eigenvalue weighted by molar-refractivity contribution is -0.138. The van der Waals surface area contributed by atoms with Crippen LogP contribution in [0, 0.1) is 11.8 Å². The molecule has 3 atom stereocenters. The Hall–Kier alpha value is -11.8. The molecular weight excluding hydrogens is 1480 g/mol. The fourth-order valence-corrected chi connectivity index (χ4v) is 13.1. The quantitative estimate of drug-likeness (QED) is 0.0292. The van der Waals surface area contributed by atoms with Gasteiger partial charge in [0.25, 0.3) is 0 Å². The third kappa shape index (κ3) is 21.1. The van der Waals surface area contributed by atoms with Gasteiger partial charge in [-0.3, -0.25) is 19.2 Å². The van der Waals surface area contributed by atoms with Crippen molar-refractivity contribution in [3.05, 3.63) is 238 Å². The number of nitrogens with zero attached hydrogens (tertiary/aromatic N) is 12. The Morgan fingerprint density at radius 1 is 0.469 bits per heavy atom. The number of rotatable bonds is 18. The van der Waals surface area contributed by atoms with E-state index in [1.807, 2.05) is 57.2 Å². The number of aromatic nitrogens is 8. The van der Waals surface area contributed by atoms with Gasteiger partial charge < -0.3 is 63.8 Å². The number of pyridine rings is 8. The molecular formula is C80H103F9N20O4. The Morgan fingerprint density at radius 2 is 0.876 bits per heavy atom. The molecule has 0 spiro atoms. The van der Waals surface area contributed by atoms with Crippen LogP contribution >= 0.6 is 0 Å². The Morgan fingerprint density at radius 3 is 1.33 bits per heavy atom. The van der Waals surface area contributed by atoms with Crippen LogP contribution in [0.1, 0.15) is 149 Å². The van der Waals surface area contributed by atoms with Gasteiger partial charge in [0.1, 0.15) is 69.3 Å². The fourth-order valence-electron chi connectivity index (χ4n) is 13.1. The summed E-state index contributed by atoms with van der Waals surface area (Å²) in [4.78, 5) is 92.0. The summed E-state index contributed by atoms with van der Waals surface area (Å²) in [6.45, 7) is 24.7. The predicted molar refractivity (Wildman–Crippen MR) is 434 cm³/mol. The second kappa shape index (κ2) is 37.0. The molecule has 0 radical (unpaired) electrons. The molecule has 113 heavy (non-hydrogen) atoms. The maximum absolute atomic E-state index is 13.7. The molecule has 610 valence electrons. The van der Waals surface area contributed by atoms with E-state index in [0.717, 1.165) is 62.2 Å². The molecule has 24 nitrogen and oxygen atoms in total. The van der Waals surface area contributed by atoms with E-state index in [9.17, 15) is 58.7 Å². The molecule has 4 fully saturated rings. The van der Waals surface area contributed by atoms with Crippen molar-refractivity contribution in [3.63, 3.8) is 0 Å². The summed E-state index contributed by atoms with van der Waals surface area (Å²) in [6, 6.07) is 30.9. The van der Waals surface area contributed by atoms with Crippen LogP contribution in [0.25, 0.3) is 12.2 Å². The summed E-state index contributed by atoms with van der Waals surface area (Å²) in [5.74, 6) is -0.560. The van der Waals surface area contributed by atoms with Gasteiger partial charge in [0.15, 0.2) is 0 Å². The molecule has 12 heterocycles. The molecule has 33 heteroatoms. The molecule has 4 saturated heterocycles. The van der Waals surface area contributed by atoms with Gasteiger partial charge >= 0.3 is 18.5 Å². The van der Waals surface area contributed by atoms with E-state index in [1.165, 1.54) is 73.2 Å². The second-order valence-corrected chi connectivity index (χ2v) is 27.6. The monoisotopic (exact) mass is 1580 g/mol. The first kappa shape index (κ1) is 83.7. The summed E-state index contributed by atoms with van der Waals surface area (Å²) in [5, 5.41) is 13.5. The normalized spacial score (nSPS) is 16.7. The maximum atomic E-state index is 13.7. The number of hydrogen-bond acceptors (Lipinski definition) is 24. The first-order chi connectivity index (χ1) is 53.8. The lowest BCUT2D eigenvalue weighted by Gasteiger charge is -2.36. The number of nitrogens with one attached hydrogen (secondary N) is 4. The first-order valence-electron chi connectivity index (χ1n) is 36.3. The number of nitrogen functional groups attached to an aromatic ring is 4. The SMILES string of the molecule is C=Cc1ccc(N2CCNCC2)nc1C(=O)c1cccnc1N.C=Cc1cnc(N)c(C(=O)c2nc(N3CCNC(c4ccccc4)C3)ccc2C(F)(F)F)c1.CC(C)C[C@H]1CN(c2ccc(C(F)(F)F)c(C(=O)c3cccnc3N)n2)CCN1.CC(C)[C@H]1CN(c2ccc(C(F)(F)F)c(C(=O)c3cccnc3N)n2)CCN1.[HH].[HH].[HH].[HH].[HH].[HH].[HH].[HH]. The molecule has 1 unspecified atom stereocenters. The highest BCUT2D eigenvalue weighted by Gasteiger charge is 2.41. The highest BCUT2D eigenvalue weighted by Crippen LogP contribution is 2.38. The zero-order valence-electron chi connectivity index (χ0n) is 62.4. The van der Waals surface area contributed by atoms with Gasteiger partial charge in [-0.2, -0.15) is 39.5 Å². The largest absolute Gasteiger partial charge is 0.418 e. The van der Waals surface area contributed by atoms with Crippen molar-refractivity contribution >= 4 is 81.8 Å². The lowest BCUT2D eigenvalue weighted by atomic mass is 10.0. The number of carbonyl (C=O) groups excluding carboxylic acids is 4. The van der Waals surface area contributed by atoms with Crippen molar-refractivity contribution < 1.29 is 70.1 Å². The van der Waals surface area contributed by atoms with Crippen LogP contribution in [0.3, 0.4) is 0 Å². The number of piperazine rings is 4. The number of hydrogen-bond donors (Lipinski definition) is 8. The zero-order chi connectivity index (χ0) is 81.5. The van der Waals surface area contributed by atoms with E-state index in [4.69, 9.17) is 22.9 Å². The number of benzene rings is 1. The summed E-state index contributed by atoms with van der Waals surface area (Å²) in [5.41, 5.74) is 20.3. The van der Waals surface area contributed by atoms with Gasteiger partial charge in [0.05, 0.1) is 38.9 Å². The van der Waals surface area contributed by atoms with E-state index >= 15 is 0 Å². The van der Waals surface area contributed by atoms with E-state index in [0.29, 0.717) is 111 Å². The molecule has 4 aliphatic heterocycles. The Labute approximate surface area is 658 Å². The van der Waals surface area contributed by atoms with Crippen LogP contribution in [0.4, 0.5) is 86.1 Å². The van der Waals surface area contributed by atoms with Crippen molar-refractivity contribution in [3.8, 4) is 0 Å². The van der Waals surface area contributed by atoms with Crippen LogP contribution in [0.2, 0.25) is 0 Å². The minimum atomic E-state index is -4.76. The number of ketones is 4. The van der Waals surface area contributed by atoms with Gasteiger partial charge in [0, 0.05) is 145 Å². The molecule has 4 aliphatic rings. The molecule has 0 amide bonds. The number of anilines is 8. The van der Waals surface area contributed by atoms with E-state index in [1.54, 1.807) is 24.4 Å². The topological polar surface area (TPSA) is 337 Å². The summed E-state index contributed by atoms with van der Waals surface area (Å²) >= 11 is 0. The van der Waals surface area contributed by atoms with Crippen LogP contribution in [-0.2, 0) is 18.5 Å². The van der Waals surface area contributed by atoms with Gasteiger partial charge in [0.2, 0.25) is 23.1 Å². The van der Waals surface area contributed by atoms with Gasteiger partial charge in [-0.05, 0) is 120 Å².